The number of nitrogens with zero attached hydrogens (tertiary/aromatic N) is 4. The molecule has 0 aromatic carbocycles. The molecule has 1 aliphatic heterocycles. The van der Waals surface area contributed by atoms with Gasteiger partial charge < -0.3 is 5.73 Å². The normalized spacial score (nSPS) is 20.4. The molecule has 3 rings (SSSR count). The molecule has 27 heavy (non-hydrogen) atoms. The third-order valence-corrected chi connectivity index (χ3v) is 5.53. The van der Waals surface area contributed by atoms with Crippen LogP contribution in [0.15, 0.2) is 29.5 Å². The van der Waals surface area contributed by atoms with Crippen molar-refractivity contribution in [1.82, 2.24) is 14.8 Å². The predicted molar refractivity (Wildman–Crippen MR) is 110 cm³/mol. The fraction of sp³-hybridized carbons (Fsp3) is 0.500. The van der Waals surface area contributed by atoms with Crippen LogP contribution in [0.2, 0.25) is 0 Å². The highest BCUT2D eigenvalue weighted by Crippen LogP contribution is 2.35. The van der Waals surface area contributed by atoms with Gasteiger partial charge in [0.15, 0.2) is 11.0 Å². The number of aromatic nitrogens is 3. The molecule has 1 atom stereocenters. The molecule has 0 fully saturated rings. The molecule has 144 valence electrons. The van der Waals surface area contributed by atoms with Gasteiger partial charge in [-0.25, -0.2) is 0 Å². The Morgan fingerprint density at radius 3 is 2.74 bits per heavy atom. The van der Waals surface area contributed by atoms with Crippen LogP contribution in [-0.2, 0) is 17.5 Å². The number of Topliss-reactive ketones (excluding diaryl/α,β-unsaturated/α-hetero) is 1. The molecule has 0 saturated heterocycles. The molecule has 0 saturated carbocycles. The van der Waals surface area contributed by atoms with E-state index in [1.165, 1.54) is 0 Å². The first kappa shape index (κ1) is 19.6. The molecule has 7 heteroatoms. The topological polar surface area (TPSA) is 86.2 Å². The Morgan fingerprint density at radius 2 is 2.07 bits per heavy atom. The summed E-state index contributed by atoms with van der Waals surface area (Å²) in [6.45, 7) is 10.1. The molecule has 1 aliphatic rings. The second-order valence-electron chi connectivity index (χ2n) is 8.26. The first-order valence-electron chi connectivity index (χ1n) is 9.11. The maximum absolute atomic E-state index is 13.0. The van der Waals surface area contributed by atoms with Crippen molar-refractivity contribution >= 4 is 22.7 Å². The van der Waals surface area contributed by atoms with E-state index in [2.05, 4.69) is 22.0 Å². The number of hydrogen-bond acceptors (Lipinski definition) is 6. The average Bonchev–Trinajstić information content (AvgIpc) is 2.97. The molecule has 0 aliphatic carbocycles. The van der Waals surface area contributed by atoms with Gasteiger partial charge in [0.25, 0.3) is 0 Å². The highest BCUT2D eigenvalue weighted by molar-refractivity contribution is 8.13. The SMILES string of the molecule is Cc1cc(C(=O)Cc2cncc([C@]3(C)CCSC(N)=N3)c2)n(C(C)(C)C)n1. The van der Waals surface area contributed by atoms with Gasteiger partial charge in [0.1, 0.15) is 5.69 Å². The Morgan fingerprint density at radius 1 is 1.33 bits per heavy atom. The Balaban J connectivity index is 1.88. The smallest absolute Gasteiger partial charge is 0.185 e. The van der Waals surface area contributed by atoms with Gasteiger partial charge in [-0.1, -0.05) is 11.8 Å². The summed E-state index contributed by atoms with van der Waals surface area (Å²) in [5.41, 5.74) is 8.65. The molecule has 0 amide bonds. The molecule has 0 bridgehead atoms. The quantitative estimate of drug-likeness (QED) is 0.815. The van der Waals surface area contributed by atoms with Crippen LogP contribution < -0.4 is 5.73 Å². The zero-order chi connectivity index (χ0) is 19.8. The fourth-order valence-corrected chi connectivity index (χ4v) is 4.23. The standard InChI is InChI=1S/C20H27N5OS/c1-13-8-16(25(24-13)19(2,3)4)17(26)10-14-9-15(12-22-11-14)20(5)6-7-27-18(21)23-20/h8-9,11-12H,6-7,10H2,1-5H3,(H2,21,23)/t20-/m0/s1. The van der Waals surface area contributed by atoms with Crippen LogP contribution in [0.5, 0.6) is 0 Å². The maximum Gasteiger partial charge on any atom is 0.185 e. The van der Waals surface area contributed by atoms with E-state index >= 15 is 0 Å². The van der Waals surface area contributed by atoms with Gasteiger partial charge >= 0.3 is 0 Å². The van der Waals surface area contributed by atoms with Crippen LogP contribution in [0, 0.1) is 6.92 Å². The Hall–Kier alpha value is -2.15. The van der Waals surface area contributed by atoms with Gasteiger partial charge in [-0.3, -0.25) is 19.5 Å². The van der Waals surface area contributed by atoms with E-state index in [0.717, 1.165) is 29.0 Å². The van der Waals surface area contributed by atoms with Crippen LogP contribution in [-0.4, -0.2) is 31.5 Å². The van der Waals surface area contributed by atoms with Crippen molar-refractivity contribution < 1.29 is 4.79 Å². The number of ketones is 1. The molecule has 2 aromatic rings. The predicted octanol–water partition coefficient (Wildman–Crippen LogP) is 3.43. The molecule has 2 N–H and O–H groups in total. The van der Waals surface area contributed by atoms with Gasteiger partial charge in [0.05, 0.1) is 16.8 Å². The highest BCUT2D eigenvalue weighted by atomic mass is 32.2. The van der Waals surface area contributed by atoms with Crippen LogP contribution in [0.4, 0.5) is 0 Å². The van der Waals surface area contributed by atoms with Crippen LogP contribution in [0.3, 0.4) is 0 Å². The fourth-order valence-electron chi connectivity index (χ4n) is 3.26. The number of carbonyl (C=O) groups is 1. The first-order valence-corrected chi connectivity index (χ1v) is 10.1. The second-order valence-corrected chi connectivity index (χ2v) is 9.37. The summed E-state index contributed by atoms with van der Waals surface area (Å²) >= 11 is 1.58. The largest absolute Gasteiger partial charge is 0.379 e. The zero-order valence-electron chi connectivity index (χ0n) is 16.6. The summed E-state index contributed by atoms with van der Waals surface area (Å²) < 4.78 is 1.81. The molecule has 6 nitrogen and oxygen atoms in total. The average molecular weight is 386 g/mol. The molecule has 0 spiro atoms. The van der Waals surface area contributed by atoms with Crippen molar-refractivity contribution in [1.29, 1.82) is 0 Å². The number of hydrogen-bond donors (Lipinski definition) is 1. The maximum atomic E-state index is 13.0. The summed E-state index contributed by atoms with van der Waals surface area (Å²) in [5, 5.41) is 5.11. The van der Waals surface area contributed by atoms with Gasteiger partial charge in [-0.05, 0) is 64.3 Å². The minimum atomic E-state index is -0.384. The number of amidine groups is 1. The first-order chi connectivity index (χ1) is 12.6. The summed E-state index contributed by atoms with van der Waals surface area (Å²) in [6.07, 6.45) is 4.75. The summed E-state index contributed by atoms with van der Waals surface area (Å²) in [4.78, 5) is 22.0. The van der Waals surface area contributed by atoms with E-state index in [-0.39, 0.29) is 23.3 Å². The molecule has 0 unspecified atom stereocenters. The molecular formula is C20H27N5OS. The molecule has 0 radical (unpaired) electrons. The lowest BCUT2D eigenvalue weighted by atomic mass is 9.90. The zero-order valence-corrected chi connectivity index (χ0v) is 17.4. The minimum absolute atomic E-state index is 0.0387. The lowest BCUT2D eigenvalue weighted by Crippen LogP contribution is -2.29. The number of nitrogens with two attached hydrogens (primary N) is 1. The van der Waals surface area contributed by atoms with Crippen molar-refractivity contribution in [2.24, 2.45) is 10.7 Å². The lowest BCUT2D eigenvalue weighted by Gasteiger charge is -2.29. The van der Waals surface area contributed by atoms with Crippen molar-refractivity contribution in [3.05, 3.63) is 47.0 Å². The monoisotopic (exact) mass is 385 g/mol. The number of pyridine rings is 1. The van der Waals surface area contributed by atoms with Crippen molar-refractivity contribution in [3.8, 4) is 0 Å². The highest BCUT2D eigenvalue weighted by Gasteiger charge is 2.30. The molecular weight excluding hydrogens is 358 g/mol. The van der Waals surface area contributed by atoms with E-state index in [9.17, 15) is 4.79 Å². The van der Waals surface area contributed by atoms with E-state index < -0.39 is 0 Å². The van der Waals surface area contributed by atoms with Crippen LogP contribution >= 0.6 is 11.8 Å². The lowest BCUT2D eigenvalue weighted by molar-refractivity contribution is 0.0975. The Bertz CT molecular complexity index is 896. The number of thioether (sulfide) groups is 1. The Kier molecular flexibility index (Phi) is 5.16. The third kappa shape index (κ3) is 4.24. The van der Waals surface area contributed by atoms with Crippen molar-refractivity contribution in [2.45, 2.75) is 58.5 Å². The van der Waals surface area contributed by atoms with E-state index in [1.807, 2.05) is 50.7 Å². The van der Waals surface area contributed by atoms with Crippen LogP contribution in [0.25, 0.3) is 0 Å². The second kappa shape index (κ2) is 7.11. The van der Waals surface area contributed by atoms with Gasteiger partial charge in [0.2, 0.25) is 0 Å². The number of aryl methyl sites for hydroxylation is 1. The summed E-state index contributed by atoms with van der Waals surface area (Å²) in [7, 11) is 0. The van der Waals surface area contributed by atoms with Crippen LogP contribution in [0.1, 0.15) is 61.4 Å². The molecule has 3 heterocycles. The van der Waals surface area contributed by atoms with Crippen molar-refractivity contribution in [2.75, 3.05) is 5.75 Å². The Labute approximate surface area is 164 Å². The number of carbonyl (C=O) groups excluding carboxylic acids is 1. The third-order valence-electron chi connectivity index (χ3n) is 4.73. The summed E-state index contributed by atoms with van der Waals surface area (Å²) in [5.74, 6) is 0.968. The van der Waals surface area contributed by atoms with Gasteiger partial charge in [-0.15, -0.1) is 0 Å². The van der Waals surface area contributed by atoms with E-state index in [1.54, 1.807) is 18.0 Å². The van der Waals surface area contributed by atoms with E-state index in [4.69, 9.17) is 5.73 Å². The number of aliphatic imine (C=N–C) groups is 1. The number of rotatable bonds is 4. The van der Waals surface area contributed by atoms with Gasteiger partial charge in [0, 0.05) is 24.6 Å². The summed E-state index contributed by atoms with van der Waals surface area (Å²) in [6, 6.07) is 3.89. The van der Waals surface area contributed by atoms with Gasteiger partial charge in [-0.2, -0.15) is 5.10 Å². The molecule has 2 aromatic heterocycles. The van der Waals surface area contributed by atoms with Crippen molar-refractivity contribution in [3.63, 3.8) is 0 Å². The van der Waals surface area contributed by atoms with E-state index in [0.29, 0.717) is 10.9 Å². The minimum Gasteiger partial charge on any atom is -0.379 e.